The Labute approximate surface area is 108 Å². The molecule has 0 bridgehead atoms. The molecule has 0 spiro atoms. The van der Waals surface area contributed by atoms with Crippen LogP contribution in [0.15, 0.2) is 18.2 Å². The molecule has 0 atom stereocenters. The lowest BCUT2D eigenvalue weighted by Gasteiger charge is -2.23. The number of hydrogen-bond acceptors (Lipinski definition) is 1. The van der Waals surface area contributed by atoms with Gasteiger partial charge in [0.15, 0.2) is 5.11 Å². The first-order chi connectivity index (χ1) is 7.58. The lowest BCUT2D eigenvalue weighted by atomic mass is 10.2. The van der Waals surface area contributed by atoms with Gasteiger partial charge >= 0.3 is 0 Å². The maximum absolute atomic E-state index is 5.90. The standard InChI is InChI=1S/C12H17ClN2S/c1-4-15(5-2)12(16)14-11-7-6-10(13)8-9(11)3/h6-8H,4-5H2,1-3H3,(H,14,16). The smallest absolute Gasteiger partial charge is 0.173 e. The summed E-state index contributed by atoms with van der Waals surface area (Å²) in [6.07, 6.45) is 0. The Balaban J connectivity index is 2.76. The fourth-order valence-electron chi connectivity index (χ4n) is 1.47. The topological polar surface area (TPSA) is 15.3 Å². The molecule has 0 amide bonds. The highest BCUT2D eigenvalue weighted by Gasteiger charge is 2.06. The molecule has 0 saturated carbocycles. The zero-order valence-corrected chi connectivity index (χ0v) is 11.5. The Morgan fingerprint density at radius 1 is 1.38 bits per heavy atom. The summed E-state index contributed by atoms with van der Waals surface area (Å²) >= 11 is 11.2. The van der Waals surface area contributed by atoms with E-state index in [-0.39, 0.29) is 0 Å². The molecule has 1 aromatic carbocycles. The van der Waals surface area contributed by atoms with Crippen molar-refractivity contribution in [3.05, 3.63) is 28.8 Å². The lowest BCUT2D eigenvalue weighted by Crippen LogP contribution is -2.34. The maximum Gasteiger partial charge on any atom is 0.173 e. The number of thiocarbonyl (C=S) groups is 1. The second kappa shape index (κ2) is 6.06. The summed E-state index contributed by atoms with van der Waals surface area (Å²) in [5.74, 6) is 0. The zero-order chi connectivity index (χ0) is 12.1. The third-order valence-corrected chi connectivity index (χ3v) is 3.08. The number of hydrogen-bond donors (Lipinski definition) is 1. The van der Waals surface area contributed by atoms with Gasteiger partial charge in [-0.05, 0) is 56.8 Å². The Kier molecular flexibility index (Phi) is 5.03. The van der Waals surface area contributed by atoms with Crippen LogP contribution in [-0.4, -0.2) is 23.1 Å². The highest BCUT2D eigenvalue weighted by atomic mass is 35.5. The van der Waals surface area contributed by atoms with Crippen molar-refractivity contribution in [3.8, 4) is 0 Å². The maximum atomic E-state index is 5.90. The summed E-state index contributed by atoms with van der Waals surface area (Å²) < 4.78 is 0. The number of nitrogens with one attached hydrogen (secondary N) is 1. The van der Waals surface area contributed by atoms with E-state index < -0.39 is 0 Å². The van der Waals surface area contributed by atoms with E-state index in [1.165, 1.54) is 0 Å². The summed E-state index contributed by atoms with van der Waals surface area (Å²) in [7, 11) is 0. The van der Waals surface area contributed by atoms with Gasteiger partial charge in [-0.2, -0.15) is 0 Å². The molecule has 0 heterocycles. The van der Waals surface area contributed by atoms with Crippen LogP contribution in [0.25, 0.3) is 0 Å². The number of aryl methyl sites for hydroxylation is 1. The largest absolute Gasteiger partial charge is 0.350 e. The summed E-state index contributed by atoms with van der Waals surface area (Å²) in [5.41, 5.74) is 2.11. The van der Waals surface area contributed by atoms with Gasteiger partial charge in [-0.25, -0.2) is 0 Å². The minimum atomic E-state index is 0.747. The van der Waals surface area contributed by atoms with Gasteiger partial charge in [0.2, 0.25) is 0 Å². The molecule has 1 rings (SSSR count). The van der Waals surface area contributed by atoms with Gasteiger partial charge in [-0.3, -0.25) is 0 Å². The van der Waals surface area contributed by atoms with Crippen LogP contribution in [0, 0.1) is 6.92 Å². The van der Waals surface area contributed by atoms with Crippen molar-refractivity contribution in [1.29, 1.82) is 0 Å². The number of rotatable bonds is 3. The van der Waals surface area contributed by atoms with Gasteiger partial charge in [0.1, 0.15) is 0 Å². The van der Waals surface area contributed by atoms with Crippen LogP contribution >= 0.6 is 23.8 Å². The number of halogens is 1. The number of anilines is 1. The number of nitrogens with zero attached hydrogens (tertiary/aromatic N) is 1. The van der Waals surface area contributed by atoms with E-state index in [1.807, 2.05) is 25.1 Å². The fraction of sp³-hybridized carbons (Fsp3) is 0.417. The molecule has 1 N–H and O–H groups in total. The monoisotopic (exact) mass is 256 g/mol. The van der Waals surface area contributed by atoms with E-state index in [1.54, 1.807) is 0 Å². The quantitative estimate of drug-likeness (QED) is 0.831. The fourth-order valence-corrected chi connectivity index (χ4v) is 2.07. The Hall–Kier alpha value is -0.800. The van der Waals surface area contributed by atoms with Crippen LogP contribution in [0.3, 0.4) is 0 Å². The number of benzene rings is 1. The second-order valence-electron chi connectivity index (χ2n) is 3.56. The van der Waals surface area contributed by atoms with Crippen LogP contribution in [0.5, 0.6) is 0 Å². The van der Waals surface area contributed by atoms with Gasteiger partial charge in [0.05, 0.1) is 0 Å². The molecule has 16 heavy (non-hydrogen) atoms. The van der Waals surface area contributed by atoms with Gasteiger partial charge in [-0.1, -0.05) is 11.6 Å². The van der Waals surface area contributed by atoms with Crippen molar-refractivity contribution in [1.82, 2.24) is 4.90 Å². The lowest BCUT2D eigenvalue weighted by molar-refractivity contribution is 0.473. The molecule has 88 valence electrons. The van der Waals surface area contributed by atoms with E-state index in [0.29, 0.717) is 0 Å². The first kappa shape index (κ1) is 13.3. The van der Waals surface area contributed by atoms with Crippen molar-refractivity contribution < 1.29 is 0 Å². The van der Waals surface area contributed by atoms with Crippen LogP contribution < -0.4 is 5.32 Å². The predicted molar refractivity (Wildman–Crippen MR) is 75.3 cm³/mol. The SMILES string of the molecule is CCN(CC)C(=S)Nc1ccc(Cl)cc1C. The first-order valence-electron chi connectivity index (χ1n) is 5.40. The van der Waals surface area contributed by atoms with Gasteiger partial charge < -0.3 is 10.2 Å². The minimum absolute atomic E-state index is 0.747. The van der Waals surface area contributed by atoms with Gasteiger partial charge in [0, 0.05) is 23.8 Å². The molecule has 0 aliphatic rings. The molecule has 2 nitrogen and oxygen atoms in total. The van der Waals surface area contributed by atoms with E-state index in [9.17, 15) is 0 Å². The van der Waals surface area contributed by atoms with Crippen molar-refractivity contribution in [2.75, 3.05) is 18.4 Å². The Morgan fingerprint density at radius 2 is 2.00 bits per heavy atom. The van der Waals surface area contributed by atoms with Crippen molar-refractivity contribution in [3.63, 3.8) is 0 Å². The summed E-state index contributed by atoms with van der Waals surface area (Å²) in [6.45, 7) is 8.02. The Morgan fingerprint density at radius 3 is 2.50 bits per heavy atom. The van der Waals surface area contributed by atoms with E-state index in [0.717, 1.165) is 34.5 Å². The first-order valence-corrected chi connectivity index (χ1v) is 6.19. The average molecular weight is 257 g/mol. The molecule has 0 radical (unpaired) electrons. The van der Waals surface area contributed by atoms with Crippen LogP contribution in [0.4, 0.5) is 5.69 Å². The van der Waals surface area contributed by atoms with Gasteiger partial charge in [-0.15, -0.1) is 0 Å². The summed E-state index contributed by atoms with van der Waals surface area (Å²) in [5, 5.41) is 4.74. The van der Waals surface area contributed by atoms with Crippen LogP contribution in [0.1, 0.15) is 19.4 Å². The van der Waals surface area contributed by atoms with Crippen LogP contribution in [-0.2, 0) is 0 Å². The zero-order valence-electron chi connectivity index (χ0n) is 9.88. The van der Waals surface area contributed by atoms with Crippen molar-refractivity contribution >= 4 is 34.6 Å². The Bertz CT molecular complexity index is 375. The molecular weight excluding hydrogens is 240 g/mol. The molecule has 0 unspecified atom stereocenters. The third kappa shape index (κ3) is 3.35. The normalized spacial score (nSPS) is 10.0. The highest BCUT2D eigenvalue weighted by molar-refractivity contribution is 7.80. The molecule has 0 saturated heterocycles. The van der Waals surface area contributed by atoms with Crippen LogP contribution in [0.2, 0.25) is 5.02 Å². The third-order valence-electron chi connectivity index (χ3n) is 2.48. The summed E-state index contributed by atoms with van der Waals surface area (Å²) in [6, 6.07) is 5.74. The minimum Gasteiger partial charge on any atom is -0.350 e. The van der Waals surface area contributed by atoms with Crippen molar-refractivity contribution in [2.45, 2.75) is 20.8 Å². The summed E-state index contributed by atoms with van der Waals surface area (Å²) in [4.78, 5) is 2.10. The molecule has 0 aliphatic carbocycles. The molecule has 4 heteroatoms. The van der Waals surface area contributed by atoms with E-state index in [4.69, 9.17) is 23.8 Å². The molecule has 0 aliphatic heterocycles. The van der Waals surface area contributed by atoms with E-state index >= 15 is 0 Å². The second-order valence-corrected chi connectivity index (χ2v) is 4.38. The molecule has 0 fully saturated rings. The average Bonchev–Trinajstić information content (AvgIpc) is 2.24. The van der Waals surface area contributed by atoms with E-state index in [2.05, 4.69) is 24.1 Å². The predicted octanol–water partition coefficient (Wildman–Crippen LogP) is 3.69. The van der Waals surface area contributed by atoms with Crippen molar-refractivity contribution in [2.24, 2.45) is 0 Å². The highest BCUT2D eigenvalue weighted by Crippen LogP contribution is 2.19. The molecule has 0 aromatic heterocycles. The van der Waals surface area contributed by atoms with Gasteiger partial charge in [0.25, 0.3) is 0 Å². The molecular formula is C12H17ClN2S. The molecule has 1 aromatic rings.